The number of rotatable bonds is 15. The minimum Gasteiger partial charge on any atom is -0.343 e. The Balaban J connectivity index is 2.47. The van der Waals surface area contributed by atoms with E-state index < -0.39 is 35.4 Å². The summed E-state index contributed by atoms with van der Waals surface area (Å²) < 4.78 is 77.6. The van der Waals surface area contributed by atoms with Gasteiger partial charge in [0.25, 0.3) is 5.97 Å². The Labute approximate surface area is 191 Å². The van der Waals surface area contributed by atoms with Crippen molar-refractivity contribution in [2.24, 2.45) is 5.92 Å². The molecule has 0 aliphatic carbocycles. The number of halogens is 6. The molecule has 0 bridgehead atoms. The highest BCUT2D eigenvalue weighted by Gasteiger charge is 2.36. The molecule has 3 N–H and O–H groups in total. The van der Waals surface area contributed by atoms with Crippen LogP contribution in [0.25, 0.3) is 0 Å². The van der Waals surface area contributed by atoms with E-state index in [0.29, 0.717) is 38.5 Å². The van der Waals surface area contributed by atoms with Crippen LogP contribution in [0, 0.1) is 5.92 Å². The van der Waals surface area contributed by atoms with Gasteiger partial charge in [-0.15, -0.1) is 0 Å². The predicted octanol–water partition coefficient (Wildman–Crippen LogP) is 7.21. The minimum atomic E-state index is -4.85. The van der Waals surface area contributed by atoms with Crippen molar-refractivity contribution in [3.05, 3.63) is 34.9 Å². The summed E-state index contributed by atoms with van der Waals surface area (Å²) in [6, 6.07) is 1.63. The molecule has 1 aromatic rings. The Hall–Kier alpha value is -1.32. The zero-order valence-electron chi connectivity index (χ0n) is 19.1. The van der Waals surface area contributed by atoms with Gasteiger partial charge in [0.1, 0.15) is 0 Å². The first-order valence-corrected chi connectivity index (χ1v) is 11.7. The summed E-state index contributed by atoms with van der Waals surface area (Å²) in [5.41, 5.74) is -2.64. The van der Waals surface area contributed by atoms with Crippen LogP contribution in [0.2, 0.25) is 0 Å². The Morgan fingerprint density at radius 2 is 1.06 bits per heavy atom. The molecule has 0 saturated carbocycles. The molecule has 0 spiro atoms. The molecular formula is C24H36F6O3. The summed E-state index contributed by atoms with van der Waals surface area (Å²) in [5.74, 6) is -3.45. The third kappa shape index (κ3) is 12.1. The molecule has 33 heavy (non-hydrogen) atoms. The maximum absolute atomic E-state index is 12.9. The molecule has 0 aliphatic rings. The van der Waals surface area contributed by atoms with Crippen LogP contribution in [0.4, 0.5) is 26.3 Å². The Morgan fingerprint density at radius 3 is 1.48 bits per heavy atom. The summed E-state index contributed by atoms with van der Waals surface area (Å²) in [6.07, 6.45) is -0.427. The third-order valence-electron chi connectivity index (χ3n) is 5.87. The van der Waals surface area contributed by atoms with E-state index in [4.69, 9.17) is 0 Å². The molecule has 0 saturated heterocycles. The molecule has 0 aromatic heterocycles. The fourth-order valence-electron chi connectivity index (χ4n) is 3.94. The van der Waals surface area contributed by atoms with Crippen LogP contribution in [0.1, 0.15) is 101 Å². The van der Waals surface area contributed by atoms with E-state index in [1.165, 1.54) is 0 Å². The van der Waals surface area contributed by atoms with Gasteiger partial charge >= 0.3 is 12.4 Å². The molecule has 0 amide bonds. The second kappa shape index (κ2) is 13.5. The number of hydrogen-bond donors (Lipinski definition) is 3. The lowest BCUT2D eigenvalue weighted by molar-refractivity contribution is -0.344. The smallest absolute Gasteiger partial charge is 0.343 e. The Kier molecular flexibility index (Phi) is 12.2. The summed E-state index contributed by atoms with van der Waals surface area (Å²) in [6.45, 7) is 2.12. The predicted molar refractivity (Wildman–Crippen MR) is 114 cm³/mol. The number of benzene rings is 1. The first-order valence-electron chi connectivity index (χ1n) is 11.7. The number of aliphatic hydroxyl groups is 3. The van der Waals surface area contributed by atoms with Crippen molar-refractivity contribution >= 4 is 0 Å². The fourth-order valence-corrected chi connectivity index (χ4v) is 3.94. The lowest BCUT2D eigenvalue weighted by Gasteiger charge is -2.26. The molecule has 1 rings (SSSR count). The van der Waals surface area contributed by atoms with E-state index in [2.05, 4.69) is 6.92 Å². The van der Waals surface area contributed by atoms with Crippen molar-refractivity contribution in [3.8, 4) is 0 Å². The molecule has 0 heterocycles. The van der Waals surface area contributed by atoms with Crippen molar-refractivity contribution in [2.45, 2.75) is 109 Å². The van der Waals surface area contributed by atoms with Crippen LogP contribution in [0.5, 0.6) is 0 Å². The number of unbranched alkanes of at least 4 members (excludes halogenated alkanes) is 8. The Morgan fingerprint density at radius 1 is 0.636 bits per heavy atom. The summed E-state index contributed by atoms with van der Waals surface area (Å²) in [4.78, 5) is 0. The monoisotopic (exact) mass is 486 g/mol. The first-order chi connectivity index (χ1) is 15.2. The van der Waals surface area contributed by atoms with E-state index in [9.17, 15) is 41.7 Å². The maximum Gasteiger partial charge on any atom is 0.416 e. The zero-order chi connectivity index (χ0) is 25.1. The van der Waals surface area contributed by atoms with Crippen LogP contribution >= 0.6 is 0 Å². The first kappa shape index (κ1) is 29.7. The molecule has 1 unspecified atom stereocenters. The largest absolute Gasteiger partial charge is 0.416 e. The van der Waals surface area contributed by atoms with Gasteiger partial charge in [-0.3, -0.25) is 0 Å². The van der Waals surface area contributed by atoms with E-state index in [1.54, 1.807) is 0 Å². The molecule has 9 heteroatoms. The van der Waals surface area contributed by atoms with Gasteiger partial charge in [0.15, 0.2) is 0 Å². The lowest BCUT2D eigenvalue weighted by atomic mass is 9.92. The molecular weight excluding hydrogens is 450 g/mol. The number of aryl methyl sites for hydroxylation is 1. The van der Waals surface area contributed by atoms with Gasteiger partial charge in [0.05, 0.1) is 11.1 Å². The van der Waals surface area contributed by atoms with E-state index in [1.807, 2.05) is 0 Å². The molecule has 3 nitrogen and oxygen atoms in total. The van der Waals surface area contributed by atoms with E-state index >= 15 is 0 Å². The molecule has 0 radical (unpaired) electrons. The van der Waals surface area contributed by atoms with Crippen LogP contribution in [-0.4, -0.2) is 21.3 Å². The van der Waals surface area contributed by atoms with Crippen molar-refractivity contribution in [1.82, 2.24) is 0 Å². The molecule has 0 aliphatic heterocycles. The highest BCUT2D eigenvalue weighted by Crippen LogP contribution is 2.36. The maximum atomic E-state index is 12.9. The SMILES string of the molecule is CCCCCCCCC(CCCCCCc1cc(C(F)(F)F)cc(C(F)(F)F)c1)C(O)(O)O. The van der Waals surface area contributed by atoms with Gasteiger partial charge in [-0.2, -0.15) is 26.3 Å². The Bertz CT molecular complexity index is 648. The summed E-state index contributed by atoms with van der Waals surface area (Å²) >= 11 is 0. The molecule has 1 aromatic carbocycles. The van der Waals surface area contributed by atoms with Gasteiger partial charge in [0, 0.05) is 5.92 Å². The quantitative estimate of drug-likeness (QED) is 0.139. The van der Waals surface area contributed by atoms with E-state index in [-0.39, 0.29) is 18.1 Å². The van der Waals surface area contributed by atoms with Gasteiger partial charge in [-0.25, -0.2) is 0 Å². The van der Waals surface area contributed by atoms with Crippen LogP contribution in [-0.2, 0) is 18.8 Å². The van der Waals surface area contributed by atoms with Gasteiger partial charge in [-0.1, -0.05) is 64.7 Å². The highest BCUT2D eigenvalue weighted by molar-refractivity contribution is 5.33. The van der Waals surface area contributed by atoms with Crippen LogP contribution in [0.3, 0.4) is 0 Å². The molecule has 1 atom stereocenters. The van der Waals surface area contributed by atoms with Crippen molar-refractivity contribution in [2.75, 3.05) is 0 Å². The van der Waals surface area contributed by atoms with Crippen molar-refractivity contribution in [1.29, 1.82) is 0 Å². The fraction of sp³-hybridized carbons (Fsp3) is 0.750. The minimum absolute atomic E-state index is 0.0156. The van der Waals surface area contributed by atoms with Gasteiger partial charge in [0.2, 0.25) is 0 Å². The van der Waals surface area contributed by atoms with Gasteiger partial charge in [-0.05, 0) is 49.4 Å². The second-order valence-corrected chi connectivity index (χ2v) is 8.81. The molecule has 192 valence electrons. The average molecular weight is 487 g/mol. The lowest BCUT2D eigenvalue weighted by Crippen LogP contribution is -2.37. The second-order valence-electron chi connectivity index (χ2n) is 8.81. The van der Waals surface area contributed by atoms with Gasteiger partial charge < -0.3 is 15.3 Å². The van der Waals surface area contributed by atoms with Crippen LogP contribution in [0.15, 0.2) is 18.2 Å². The normalized spacial score (nSPS) is 14.0. The van der Waals surface area contributed by atoms with Crippen molar-refractivity contribution in [3.63, 3.8) is 0 Å². The number of hydrogen-bond acceptors (Lipinski definition) is 3. The standard InChI is InChI=1S/C24H36F6O3/c1-2-3-4-5-6-10-13-19(24(31,32)33)14-11-8-7-9-12-18-15-20(22(25,26)27)17-21(16-18)23(28,29)30/h15-17,19,31-33H,2-14H2,1H3. The highest BCUT2D eigenvalue weighted by atomic mass is 19.4. The van der Waals surface area contributed by atoms with E-state index in [0.717, 1.165) is 50.7 Å². The average Bonchev–Trinajstić information content (AvgIpc) is 2.69. The summed E-state index contributed by atoms with van der Waals surface area (Å²) in [7, 11) is 0. The third-order valence-corrected chi connectivity index (χ3v) is 5.87. The summed E-state index contributed by atoms with van der Waals surface area (Å²) in [5, 5.41) is 28.7. The topological polar surface area (TPSA) is 60.7 Å². The van der Waals surface area contributed by atoms with Crippen molar-refractivity contribution < 1.29 is 41.7 Å². The van der Waals surface area contributed by atoms with Crippen LogP contribution < -0.4 is 0 Å². The zero-order valence-corrected chi connectivity index (χ0v) is 19.1. The molecule has 0 fully saturated rings. The number of alkyl halides is 6.